The van der Waals surface area contributed by atoms with Crippen LogP contribution in [0.5, 0.6) is 11.5 Å². The van der Waals surface area contributed by atoms with Gasteiger partial charge in [-0.3, -0.25) is 0 Å². The van der Waals surface area contributed by atoms with Gasteiger partial charge in [0.1, 0.15) is 18.5 Å². The van der Waals surface area contributed by atoms with Crippen LogP contribution in [0.3, 0.4) is 0 Å². The van der Waals surface area contributed by atoms with Crippen LogP contribution in [0, 0.1) is 11.8 Å². The van der Waals surface area contributed by atoms with Crippen LogP contribution < -0.4 is 14.8 Å². The Balaban J connectivity index is 1.72. The molecule has 0 fully saturated rings. The van der Waals surface area contributed by atoms with Crippen molar-refractivity contribution >= 4 is 17.0 Å². The third-order valence-corrected chi connectivity index (χ3v) is 3.10. The van der Waals surface area contributed by atoms with Crippen molar-refractivity contribution < 1.29 is 9.47 Å². The number of methoxy groups -OCH3 is 1. The Bertz CT molecular complexity index is 879. The Kier molecular flexibility index (Phi) is 4.25. The molecule has 0 saturated carbocycles. The predicted octanol–water partition coefficient (Wildman–Crippen LogP) is 1.83. The summed E-state index contributed by atoms with van der Waals surface area (Å²) in [6.07, 6.45) is 1.46. The Morgan fingerprint density at radius 1 is 1.22 bits per heavy atom. The van der Waals surface area contributed by atoms with Crippen LogP contribution in [0.4, 0.5) is 5.82 Å². The van der Waals surface area contributed by atoms with Crippen molar-refractivity contribution in [2.45, 2.75) is 0 Å². The smallest absolute Gasteiger partial charge is 0.185 e. The van der Waals surface area contributed by atoms with Crippen LogP contribution in [0.1, 0.15) is 5.82 Å². The lowest BCUT2D eigenvalue weighted by Crippen LogP contribution is -1.96. The van der Waals surface area contributed by atoms with Crippen LogP contribution in [0.15, 0.2) is 30.6 Å². The maximum atomic E-state index is 5.59. The first-order chi connectivity index (χ1) is 11.3. The quantitative estimate of drug-likeness (QED) is 0.715. The number of rotatable bonds is 4. The molecule has 0 unspecified atom stereocenters. The molecular formula is C16H15N5O2. The van der Waals surface area contributed by atoms with Gasteiger partial charge in [0.05, 0.1) is 7.11 Å². The van der Waals surface area contributed by atoms with Gasteiger partial charge in [0.15, 0.2) is 28.8 Å². The van der Waals surface area contributed by atoms with Crippen molar-refractivity contribution in [1.82, 2.24) is 19.9 Å². The van der Waals surface area contributed by atoms with Crippen molar-refractivity contribution in [1.29, 1.82) is 0 Å². The molecule has 3 rings (SSSR count). The van der Waals surface area contributed by atoms with Crippen molar-refractivity contribution in [3.8, 4) is 23.3 Å². The molecule has 1 aromatic carbocycles. The summed E-state index contributed by atoms with van der Waals surface area (Å²) >= 11 is 0. The maximum absolute atomic E-state index is 5.59. The molecule has 0 atom stereocenters. The second kappa shape index (κ2) is 6.66. The van der Waals surface area contributed by atoms with E-state index in [9.17, 15) is 0 Å². The molecule has 0 radical (unpaired) electrons. The van der Waals surface area contributed by atoms with Crippen molar-refractivity contribution in [3.05, 3.63) is 36.4 Å². The van der Waals surface area contributed by atoms with Crippen molar-refractivity contribution in [2.75, 3.05) is 26.1 Å². The van der Waals surface area contributed by atoms with E-state index in [0.29, 0.717) is 28.8 Å². The highest BCUT2D eigenvalue weighted by atomic mass is 16.5. The number of benzene rings is 1. The second-order valence-corrected chi connectivity index (χ2v) is 4.50. The molecule has 7 heteroatoms. The van der Waals surface area contributed by atoms with E-state index in [1.807, 2.05) is 24.3 Å². The largest absolute Gasteiger partial charge is 0.493 e. The Labute approximate surface area is 133 Å². The lowest BCUT2D eigenvalue weighted by atomic mass is 10.3. The molecule has 0 bridgehead atoms. The third kappa shape index (κ3) is 3.16. The number of anilines is 1. The highest BCUT2D eigenvalue weighted by molar-refractivity contribution is 5.82. The van der Waals surface area contributed by atoms with Gasteiger partial charge in [-0.05, 0) is 18.1 Å². The minimum absolute atomic E-state index is 0.224. The van der Waals surface area contributed by atoms with Crippen LogP contribution in [-0.4, -0.2) is 40.7 Å². The number of imidazole rings is 1. The summed E-state index contributed by atoms with van der Waals surface area (Å²) in [5.41, 5.74) is 1.30. The number of aromatic nitrogens is 4. The van der Waals surface area contributed by atoms with E-state index >= 15 is 0 Å². The van der Waals surface area contributed by atoms with Crippen LogP contribution in [-0.2, 0) is 0 Å². The van der Waals surface area contributed by atoms with Gasteiger partial charge in [0.25, 0.3) is 0 Å². The number of nitrogens with zero attached hydrogens (tertiary/aromatic N) is 3. The molecule has 0 saturated heterocycles. The average molecular weight is 309 g/mol. The van der Waals surface area contributed by atoms with Gasteiger partial charge in [0, 0.05) is 7.05 Å². The number of ether oxygens (including phenoxy) is 2. The lowest BCUT2D eigenvalue weighted by Gasteiger charge is -2.06. The van der Waals surface area contributed by atoms with E-state index < -0.39 is 0 Å². The van der Waals surface area contributed by atoms with Crippen LogP contribution >= 0.6 is 0 Å². The minimum atomic E-state index is 0.224. The molecule has 2 aromatic heterocycles. The summed E-state index contributed by atoms with van der Waals surface area (Å²) in [7, 11) is 3.39. The fourth-order valence-electron chi connectivity index (χ4n) is 2.05. The molecule has 2 heterocycles. The zero-order chi connectivity index (χ0) is 16.1. The van der Waals surface area contributed by atoms with E-state index in [2.05, 4.69) is 37.1 Å². The van der Waals surface area contributed by atoms with Gasteiger partial charge < -0.3 is 19.8 Å². The van der Waals surface area contributed by atoms with Gasteiger partial charge in [-0.2, -0.15) is 0 Å². The van der Waals surface area contributed by atoms with Gasteiger partial charge >= 0.3 is 0 Å². The van der Waals surface area contributed by atoms with Crippen molar-refractivity contribution in [3.63, 3.8) is 0 Å². The fourth-order valence-corrected chi connectivity index (χ4v) is 2.05. The molecule has 3 aromatic rings. The summed E-state index contributed by atoms with van der Waals surface area (Å²) in [6.45, 7) is 0.224. The number of nitrogens with one attached hydrogen (secondary N) is 2. The van der Waals surface area contributed by atoms with E-state index in [0.717, 1.165) is 5.52 Å². The number of hydrogen-bond acceptors (Lipinski definition) is 6. The van der Waals surface area contributed by atoms with Gasteiger partial charge in [0.2, 0.25) is 0 Å². The molecular weight excluding hydrogens is 294 g/mol. The highest BCUT2D eigenvalue weighted by Crippen LogP contribution is 2.25. The highest BCUT2D eigenvalue weighted by Gasteiger charge is 2.06. The van der Waals surface area contributed by atoms with Crippen LogP contribution in [0.2, 0.25) is 0 Å². The molecule has 0 aliphatic rings. The Morgan fingerprint density at radius 3 is 2.83 bits per heavy atom. The number of H-pyrrole nitrogens is 1. The Hall–Kier alpha value is -3.27. The molecule has 0 spiro atoms. The lowest BCUT2D eigenvalue weighted by molar-refractivity contribution is 0.331. The molecule has 2 N–H and O–H groups in total. The van der Waals surface area contributed by atoms with E-state index in [4.69, 9.17) is 9.47 Å². The number of hydrogen-bond donors (Lipinski definition) is 2. The zero-order valence-corrected chi connectivity index (χ0v) is 12.8. The van der Waals surface area contributed by atoms with E-state index in [-0.39, 0.29) is 6.61 Å². The summed E-state index contributed by atoms with van der Waals surface area (Å²) in [4.78, 5) is 15.6. The monoisotopic (exact) mass is 309 g/mol. The standard InChI is InChI=1S/C16H15N5O2/c1-17-15-14-16(19-10-18-15)21-13(20-14)8-5-9-23-12-7-4-3-6-11(12)22-2/h3-4,6-7,10H,9H2,1-2H3,(H2,17,18,19,20,21). The minimum Gasteiger partial charge on any atom is -0.493 e. The fraction of sp³-hybridized carbons (Fsp3) is 0.188. The van der Waals surface area contributed by atoms with Gasteiger partial charge in [-0.15, -0.1) is 0 Å². The van der Waals surface area contributed by atoms with Gasteiger partial charge in [-0.25, -0.2) is 15.0 Å². The molecule has 23 heavy (non-hydrogen) atoms. The second-order valence-electron chi connectivity index (χ2n) is 4.50. The zero-order valence-electron chi connectivity index (χ0n) is 12.8. The molecule has 116 valence electrons. The summed E-state index contributed by atoms with van der Waals surface area (Å²) < 4.78 is 10.8. The number of fused-ring (bicyclic) bond motifs is 1. The normalized spacial score (nSPS) is 10.0. The molecule has 7 nitrogen and oxygen atoms in total. The van der Waals surface area contributed by atoms with Crippen molar-refractivity contribution in [2.24, 2.45) is 0 Å². The molecule has 0 amide bonds. The first kappa shape index (κ1) is 14.7. The maximum Gasteiger partial charge on any atom is 0.185 e. The van der Waals surface area contributed by atoms with E-state index in [1.54, 1.807) is 14.2 Å². The third-order valence-electron chi connectivity index (χ3n) is 3.10. The predicted molar refractivity (Wildman–Crippen MR) is 86.6 cm³/mol. The van der Waals surface area contributed by atoms with E-state index in [1.165, 1.54) is 6.33 Å². The van der Waals surface area contributed by atoms with Crippen LogP contribution in [0.25, 0.3) is 11.2 Å². The van der Waals surface area contributed by atoms with Gasteiger partial charge in [-0.1, -0.05) is 18.1 Å². The summed E-state index contributed by atoms with van der Waals surface area (Å²) in [5, 5.41) is 2.98. The first-order valence-corrected chi connectivity index (χ1v) is 6.95. The molecule has 0 aliphatic heterocycles. The SMILES string of the molecule is CNc1ncnc2nc(C#CCOc3ccccc3OC)[nH]c12. The average Bonchev–Trinajstić information content (AvgIpc) is 3.02. The number of aromatic amines is 1. The first-order valence-electron chi connectivity index (χ1n) is 6.95. The number of para-hydroxylation sites is 2. The summed E-state index contributed by atoms with van der Waals surface area (Å²) in [5.74, 6) is 8.34. The summed E-state index contributed by atoms with van der Waals surface area (Å²) in [6, 6.07) is 7.42. The molecule has 0 aliphatic carbocycles. The topological polar surface area (TPSA) is 85.0 Å². The Morgan fingerprint density at radius 2 is 2.04 bits per heavy atom.